The largest absolute Gasteiger partial charge is 0.507 e. The number of aromatic hydroxyl groups is 1. The highest BCUT2D eigenvalue weighted by atomic mass is 32.1. The van der Waals surface area contributed by atoms with Crippen molar-refractivity contribution in [2.45, 2.75) is 13.8 Å². The molecule has 4 heterocycles. The highest BCUT2D eigenvalue weighted by Crippen LogP contribution is 2.42. The first-order chi connectivity index (χ1) is 20.1. The lowest BCUT2D eigenvalue weighted by molar-refractivity contribution is 0.477. The van der Waals surface area contributed by atoms with Crippen molar-refractivity contribution in [3.8, 4) is 28.4 Å². The zero-order valence-electron chi connectivity index (χ0n) is 22.5. The summed E-state index contributed by atoms with van der Waals surface area (Å²) >= 11 is 1.64. The van der Waals surface area contributed by atoms with Crippen LogP contribution in [0.25, 0.3) is 42.9 Å². The van der Waals surface area contributed by atoms with Gasteiger partial charge in [0, 0.05) is 39.3 Å². The van der Waals surface area contributed by atoms with Crippen LogP contribution in [0.3, 0.4) is 0 Å². The van der Waals surface area contributed by atoms with Crippen LogP contribution >= 0.6 is 11.3 Å². The van der Waals surface area contributed by atoms with Crippen LogP contribution in [0.4, 0.5) is 17.2 Å². The van der Waals surface area contributed by atoms with E-state index < -0.39 is 0 Å². The third kappa shape index (κ3) is 4.37. The molecule has 6 nitrogen and oxygen atoms in total. The van der Waals surface area contributed by atoms with Gasteiger partial charge < -0.3 is 5.11 Å². The summed E-state index contributed by atoms with van der Waals surface area (Å²) < 4.78 is 2.08. The van der Waals surface area contributed by atoms with Gasteiger partial charge in [-0.25, -0.2) is 15.0 Å². The van der Waals surface area contributed by atoms with Crippen LogP contribution in [-0.2, 0) is 0 Å². The Morgan fingerprint density at radius 1 is 0.756 bits per heavy atom. The van der Waals surface area contributed by atoms with Gasteiger partial charge in [-0.05, 0) is 67.9 Å². The normalized spacial score (nSPS) is 11.3. The predicted molar refractivity (Wildman–Crippen MR) is 167 cm³/mol. The zero-order chi connectivity index (χ0) is 27.9. The van der Waals surface area contributed by atoms with Crippen molar-refractivity contribution < 1.29 is 5.11 Å². The first kappa shape index (κ1) is 24.9. The van der Waals surface area contributed by atoms with E-state index in [4.69, 9.17) is 9.97 Å². The van der Waals surface area contributed by atoms with E-state index >= 15 is 0 Å². The molecule has 7 heteroatoms. The van der Waals surface area contributed by atoms with Gasteiger partial charge in [-0.2, -0.15) is 0 Å². The second-order valence-corrected chi connectivity index (χ2v) is 10.9. The lowest BCUT2D eigenvalue weighted by atomic mass is 10.1. The van der Waals surface area contributed by atoms with Crippen molar-refractivity contribution in [3.63, 3.8) is 0 Å². The van der Waals surface area contributed by atoms with Gasteiger partial charge in [0.2, 0.25) is 0 Å². The van der Waals surface area contributed by atoms with Crippen LogP contribution in [0.5, 0.6) is 5.75 Å². The smallest absolute Gasteiger partial charge is 0.160 e. The fourth-order valence-electron chi connectivity index (χ4n) is 5.25. The third-order valence-corrected chi connectivity index (χ3v) is 8.32. The maximum absolute atomic E-state index is 10.8. The number of aryl methyl sites for hydroxylation is 2. The first-order valence-electron chi connectivity index (χ1n) is 13.3. The number of thiophene rings is 1. The fraction of sp³-hybridized carbons (Fsp3) is 0.0588. The quantitative estimate of drug-likeness (QED) is 0.230. The zero-order valence-corrected chi connectivity index (χ0v) is 23.3. The van der Waals surface area contributed by atoms with Crippen LogP contribution in [-0.4, -0.2) is 25.0 Å². The highest BCUT2D eigenvalue weighted by Gasteiger charge is 2.21. The number of phenolic OH excluding ortho intramolecular Hbond substituents is 1. The predicted octanol–water partition coefficient (Wildman–Crippen LogP) is 8.76. The SMILES string of the molecule is Cc1ccnc(C)c1N(c1cccc(-c2nc(-c3ccccc3O)c3sc4ccccc4c3n2)c1)c1ccccn1. The summed E-state index contributed by atoms with van der Waals surface area (Å²) in [7, 11) is 0. The molecule has 0 unspecified atom stereocenters. The first-order valence-corrected chi connectivity index (χ1v) is 14.1. The number of hydrogen-bond acceptors (Lipinski definition) is 7. The second kappa shape index (κ2) is 10.1. The molecule has 1 N–H and O–H groups in total. The molecule has 3 aromatic carbocycles. The van der Waals surface area contributed by atoms with Gasteiger partial charge in [0.15, 0.2) is 5.82 Å². The molecule has 0 fully saturated rings. The van der Waals surface area contributed by atoms with Gasteiger partial charge in [-0.3, -0.25) is 9.88 Å². The van der Waals surface area contributed by atoms with Gasteiger partial charge in [-0.1, -0.05) is 48.5 Å². The minimum atomic E-state index is 0.188. The van der Waals surface area contributed by atoms with E-state index in [0.717, 1.165) is 60.0 Å². The fourth-order valence-corrected chi connectivity index (χ4v) is 6.39. The van der Waals surface area contributed by atoms with Crippen LogP contribution in [0, 0.1) is 13.8 Å². The number of benzene rings is 3. The van der Waals surface area contributed by atoms with Gasteiger partial charge >= 0.3 is 0 Å². The molecule has 0 aliphatic carbocycles. The molecule has 0 amide bonds. The summed E-state index contributed by atoms with van der Waals surface area (Å²) in [6.45, 7) is 4.10. The van der Waals surface area contributed by atoms with Gasteiger partial charge in [0.05, 0.1) is 27.3 Å². The minimum Gasteiger partial charge on any atom is -0.507 e. The van der Waals surface area contributed by atoms with E-state index in [9.17, 15) is 5.11 Å². The van der Waals surface area contributed by atoms with Crippen molar-refractivity contribution in [3.05, 3.63) is 121 Å². The summed E-state index contributed by atoms with van der Waals surface area (Å²) in [6.07, 6.45) is 3.63. The molecule has 0 saturated heterocycles. The Kier molecular flexibility index (Phi) is 6.14. The molecule has 198 valence electrons. The Labute approximate surface area is 241 Å². The molecule has 0 aliphatic heterocycles. The standard InChI is InChI=1S/C34H25N5OS/c1-21-17-19-35-22(2)32(21)39(29-16-7-8-18-36-29)24-11-9-10-23(20-24)34-37-30(25-12-3-5-14-27(25)40)33-31(38-34)26-13-4-6-15-28(26)41-33/h3-20,40H,1-2H3. The summed E-state index contributed by atoms with van der Waals surface area (Å²) in [5.74, 6) is 1.56. The number of phenols is 1. The van der Waals surface area contributed by atoms with Crippen LogP contribution in [0.2, 0.25) is 0 Å². The van der Waals surface area contributed by atoms with Gasteiger partial charge in [0.1, 0.15) is 11.6 Å². The molecule has 0 radical (unpaired) electrons. The number of hydrogen-bond donors (Lipinski definition) is 1. The number of anilines is 3. The maximum atomic E-state index is 10.8. The lowest BCUT2D eigenvalue weighted by Crippen LogP contribution is -2.14. The Balaban J connectivity index is 1.47. The van der Waals surface area contributed by atoms with Crippen LogP contribution in [0.1, 0.15) is 11.3 Å². The Morgan fingerprint density at radius 3 is 2.41 bits per heavy atom. The molecule has 7 rings (SSSR count). The molecule has 4 aromatic heterocycles. The number of pyridine rings is 2. The van der Waals surface area contributed by atoms with Gasteiger partial charge in [0.25, 0.3) is 0 Å². The molecule has 0 bridgehead atoms. The average molecular weight is 552 g/mol. The highest BCUT2D eigenvalue weighted by molar-refractivity contribution is 7.26. The third-order valence-electron chi connectivity index (χ3n) is 7.15. The van der Waals surface area contributed by atoms with E-state index in [1.54, 1.807) is 23.6 Å². The van der Waals surface area contributed by atoms with E-state index in [1.807, 2.05) is 79.9 Å². The monoisotopic (exact) mass is 551 g/mol. The molecule has 0 saturated carbocycles. The molecular weight excluding hydrogens is 526 g/mol. The topological polar surface area (TPSA) is 75.0 Å². The Morgan fingerprint density at radius 2 is 1.59 bits per heavy atom. The van der Waals surface area contributed by atoms with Gasteiger partial charge in [-0.15, -0.1) is 11.3 Å². The number of rotatable bonds is 5. The van der Waals surface area contributed by atoms with E-state index in [0.29, 0.717) is 11.4 Å². The number of nitrogens with zero attached hydrogens (tertiary/aromatic N) is 5. The van der Waals surface area contributed by atoms with Crippen molar-refractivity contribution in [1.82, 2.24) is 19.9 Å². The van der Waals surface area contributed by atoms with Crippen molar-refractivity contribution in [2.24, 2.45) is 0 Å². The van der Waals surface area contributed by atoms with Crippen LogP contribution < -0.4 is 4.90 Å². The molecule has 0 spiro atoms. The number of para-hydroxylation sites is 1. The molecule has 41 heavy (non-hydrogen) atoms. The van der Waals surface area contributed by atoms with Crippen molar-refractivity contribution in [2.75, 3.05) is 4.90 Å². The van der Waals surface area contributed by atoms with E-state index in [2.05, 4.69) is 46.1 Å². The molecule has 7 aromatic rings. The van der Waals surface area contributed by atoms with Crippen molar-refractivity contribution >= 4 is 48.8 Å². The number of fused-ring (bicyclic) bond motifs is 3. The molecule has 0 atom stereocenters. The van der Waals surface area contributed by atoms with Crippen molar-refractivity contribution in [1.29, 1.82) is 0 Å². The van der Waals surface area contributed by atoms with E-state index in [1.165, 1.54) is 0 Å². The second-order valence-electron chi connectivity index (χ2n) is 9.82. The number of aromatic nitrogens is 4. The molecule has 0 aliphatic rings. The van der Waals surface area contributed by atoms with E-state index in [-0.39, 0.29) is 5.75 Å². The average Bonchev–Trinajstić information content (AvgIpc) is 3.38. The Bertz CT molecular complexity index is 2030. The summed E-state index contributed by atoms with van der Waals surface area (Å²) in [5, 5.41) is 11.9. The maximum Gasteiger partial charge on any atom is 0.160 e. The summed E-state index contributed by atoms with van der Waals surface area (Å²) in [6, 6.07) is 31.7. The summed E-state index contributed by atoms with van der Waals surface area (Å²) in [5.41, 5.74) is 7.04. The lowest BCUT2D eigenvalue weighted by Gasteiger charge is -2.27. The minimum absolute atomic E-state index is 0.188. The summed E-state index contributed by atoms with van der Waals surface area (Å²) in [4.78, 5) is 21.6. The molecular formula is C34H25N5OS. The van der Waals surface area contributed by atoms with Crippen LogP contribution in [0.15, 0.2) is 109 Å². The Hall–Kier alpha value is -5.14.